The number of nitrogens with zero attached hydrogens (tertiary/aromatic N) is 2. The molecule has 1 aromatic heterocycles. The van der Waals surface area contributed by atoms with Crippen LogP contribution < -0.4 is 20.1 Å². The van der Waals surface area contributed by atoms with Crippen LogP contribution in [0.3, 0.4) is 0 Å². The summed E-state index contributed by atoms with van der Waals surface area (Å²) >= 11 is 0. The Morgan fingerprint density at radius 3 is 2.02 bits per heavy atom. The predicted molar refractivity (Wildman–Crippen MR) is 140 cm³/mol. The Balaban J connectivity index is 1.25. The maximum atomic E-state index is 12.6. The maximum absolute atomic E-state index is 12.6. The highest BCUT2D eigenvalue weighted by molar-refractivity contribution is 6.21. The molecule has 2 heterocycles. The van der Waals surface area contributed by atoms with Gasteiger partial charge in [-0.25, -0.2) is 4.79 Å². The van der Waals surface area contributed by atoms with Crippen molar-refractivity contribution in [1.29, 1.82) is 5.26 Å². The number of carbonyl (C=O) groups excluding carboxylic acids is 3. The lowest BCUT2D eigenvalue weighted by molar-refractivity contribution is -0.153. The molecule has 4 amide bonds. The number of urea groups is 1. The summed E-state index contributed by atoms with van der Waals surface area (Å²) in [7, 11) is 1.43. The van der Waals surface area contributed by atoms with E-state index in [2.05, 4.69) is 21.9 Å². The molecule has 0 unspecified atom stereocenters. The van der Waals surface area contributed by atoms with E-state index in [4.69, 9.17) is 24.0 Å². The van der Waals surface area contributed by atoms with Crippen LogP contribution in [0, 0.1) is 11.3 Å². The summed E-state index contributed by atoms with van der Waals surface area (Å²) in [6.07, 6.45) is -0.0980. The smallest absolute Gasteiger partial charge is 0.328 e. The molecule has 1 saturated heterocycles. The topological polar surface area (TPSA) is 153 Å². The molecular formula is C29H22N4O7. The Hall–Kier alpha value is -5.47. The number of carbonyl (C=O) groups is 3. The van der Waals surface area contributed by atoms with Crippen LogP contribution in [0.25, 0.3) is 22.6 Å². The summed E-state index contributed by atoms with van der Waals surface area (Å²) in [6.45, 7) is 0.0526. The second-order valence-corrected chi connectivity index (χ2v) is 8.77. The predicted octanol–water partition coefficient (Wildman–Crippen LogP) is 4.19. The number of aromatic nitrogens is 1. The first-order valence-corrected chi connectivity index (χ1v) is 12.1. The van der Waals surface area contributed by atoms with Gasteiger partial charge < -0.3 is 18.7 Å². The van der Waals surface area contributed by atoms with Gasteiger partial charge in [-0.3, -0.25) is 20.2 Å². The average molecular weight is 539 g/mol. The van der Waals surface area contributed by atoms with Crippen molar-refractivity contribution < 1.29 is 33.1 Å². The number of amides is 4. The Kier molecular flexibility index (Phi) is 7.26. The molecule has 0 aliphatic carbocycles. The van der Waals surface area contributed by atoms with E-state index in [0.717, 1.165) is 11.1 Å². The van der Waals surface area contributed by atoms with E-state index in [-0.39, 0.29) is 18.8 Å². The second-order valence-electron chi connectivity index (χ2n) is 8.77. The number of nitriles is 1. The van der Waals surface area contributed by atoms with Crippen molar-refractivity contribution in [2.24, 2.45) is 0 Å². The van der Waals surface area contributed by atoms with Crippen molar-refractivity contribution >= 4 is 17.8 Å². The van der Waals surface area contributed by atoms with Crippen LogP contribution in [0.15, 0.2) is 83.4 Å². The molecule has 1 fully saturated rings. The van der Waals surface area contributed by atoms with Gasteiger partial charge in [-0.1, -0.05) is 17.3 Å². The van der Waals surface area contributed by atoms with Crippen molar-refractivity contribution in [2.45, 2.75) is 12.0 Å². The van der Waals surface area contributed by atoms with E-state index < -0.39 is 23.4 Å². The second kappa shape index (κ2) is 11.1. The van der Waals surface area contributed by atoms with Crippen LogP contribution in [-0.2, 0) is 14.3 Å². The van der Waals surface area contributed by atoms with Crippen LogP contribution >= 0.6 is 0 Å². The van der Waals surface area contributed by atoms with Crippen molar-refractivity contribution in [3.63, 3.8) is 0 Å². The van der Waals surface area contributed by atoms with E-state index in [1.54, 1.807) is 48.5 Å². The van der Waals surface area contributed by atoms with Crippen LogP contribution in [0.1, 0.15) is 12.0 Å². The molecule has 200 valence electrons. The first-order valence-electron chi connectivity index (χ1n) is 12.1. The van der Waals surface area contributed by atoms with Crippen molar-refractivity contribution in [3.8, 4) is 45.9 Å². The lowest BCUT2D eigenvalue weighted by Gasteiger charge is -2.34. The van der Waals surface area contributed by atoms with Gasteiger partial charge in [0.2, 0.25) is 0 Å². The van der Waals surface area contributed by atoms with E-state index in [9.17, 15) is 14.4 Å². The SMILES string of the molecule is COCCC1(Oc2ccc(Oc3ccc(-c4cc(-c5ccc(C#N)cc5)no4)cc3)cc2)C(=O)NC(=O)NC1=O. The normalized spacial score (nSPS) is 14.2. The fourth-order valence-electron chi connectivity index (χ4n) is 4.02. The highest BCUT2D eigenvalue weighted by atomic mass is 16.5. The minimum Gasteiger partial charge on any atom is -0.467 e. The number of ether oxygens (including phenoxy) is 3. The number of methoxy groups -OCH3 is 1. The first-order chi connectivity index (χ1) is 19.4. The van der Waals surface area contributed by atoms with Gasteiger partial charge in [0.05, 0.1) is 18.2 Å². The van der Waals surface area contributed by atoms with Gasteiger partial charge in [0, 0.05) is 30.7 Å². The van der Waals surface area contributed by atoms with Gasteiger partial charge in [0.25, 0.3) is 17.4 Å². The van der Waals surface area contributed by atoms with Crippen molar-refractivity contribution in [2.75, 3.05) is 13.7 Å². The zero-order valence-corrected chi connectivity index (χ0v) is 21.2. The molecule has 2 N–H and O–H groups in total. The van der Waals surface area contributed by atoms with E-state index in [0.29, 0.717) is 28.5 Å². The number of imide groups is 2. The van der Waals surface area contributed by atoms with Crippen LogP contribution in [0.5, 0.6) is 17.2 Å². The van der Waals surface area contributed by atoms with Crippen LogP contribution in [0.4, 0.5) is 4.79 Å². The molecule has 0 saturated carbocycles. The summed E-state index contributed by atoms with van der Waals surface area (Å²) < 4.78 is 22.2. The van der Waals surface area contributed by atoms with Crippen molar-refractivity contribution in [1.82, 2.24) is 15.8 Å². The maximum Gasteiger partial charge on any atom is 0.328 e. The van der Waals surface area contributed by atoms with Gasteiger partial charge >= 0.3 is 6.03 Å². The summed E-state index contributed by atoms with van der Waals surface area (Å²) in [6, 6.07) is 23.6. The summed E-state index contributed by atoms with van der Waals surface area (Å²) in [5.74, 6) is 0.116. The van der Waals surface area contributed by atoms with Crippen LogP contribution in [-0.4, -0.2) is 42.3 Å². The minimum atomic E-state index is -1.96. The number of rotatable bonds is 9. The quantitative estimate of drug-likeness (QED) is 0.299. The van der Waals surface area contributed by atoms with E-state index in [1.165, 1.54) is 7.11 Å². The molecule has 40 heavy (non-hydrogen) atoms. The Morgan fingerprint density at radius 2 is 1.43 bits per heavy atom. The Bertz CT molecular complexity index is 1570. The molecule has 1 aliphatic rings. The lowest BCUT2D eigenvalue weighted by atomic mass is 9.95. The molecular weight excluding hydrogens is 516 g/mol. The minimum absolute atomic E-state index is 0.0526. The van der Waals surface area contributed by atoms with Gasteiger partial charge in [-0.2, -0.15) is 5.26 Å². The highest BCUT2D eigenvalue weighted by Gasteiger charge is 2.52. The van der Waals surface area contributed by atoms with Gasteiger partial charge in [0.1, 0.15) is 22.9 Å². The Labute approximate surface area is 228 Å². The molecule has 1 aliphatic heterocycles. The fraction of sp³-hybridized carbons (Fsp3) is 0.138. The zero-order chi connectivity index (χ0) is 28.1. The molecule has 0 radical (unpaired) electrons. The standard InChI is InChI=1S/C29H22N4O7/c1-37-15-14-29(26(34)31-28(36)32-27(29)35)39-23-12-10-22(11-13-23)38-21-8-6-20(7-9-21)25-16-24(33-40-25)19-4-2-18(17-30)3-5-19/h2-13,16H,14-15H2,1H3,(H2,31,32,34,35,36). The molecule has 11 heteroatoms. The molecule has 5 rings (SSSR count). The number of benzene rings is 3. The molecule has 0 bridgehead atoms. The lowest BCUT2D eigenvalue weighted by Crippen LogP contribution is -2.69. The van der Waals surface area contributed by atoms with E-state index in [1.807, 2.05) is 30.3 Å². The number of nitrogens with one attached hydrogen (secondary N) is 2. The monoisotopic (exact) mass is 538 g/mol. The third-order valence-electron chi connectivity index (χ3n) is 6.16. The Morgan fingerprint density at radius 1 is 0.850 bits per heavy atom. The molecule has 3 aromatic carbocycles. The highest BCUT2D eigenvalue weighted by Crippen LogP contribution is 2.31. The average Bonchev–Trinajstić information content (AvgIpc) is 3.46. The third kappa shape index (κ3) is 5.38. The summed E-state index contributed by atoms with van der Waals surface area (Å²) in [5, 5.41) is 17.2. The first kappa shape index (κ1) is 26.1. The van der Waals surface area contributed by atoms with Gasteiger partial charge in [-0.15, -0.1) is 0 Å². The molecule has 0 atom stereocenters. The molecule has 11 nitrogen and oxygen atoms in total. The third-order valence-corrected chi connectivity index (χ3v) is 6.16. The fourth-order valence-corrected chi connectivity index (χ4v) is 4.02. The number of hydrogen-bond donors (Lipinski definition) is 2. The van der Waals surface area contributed by atoms with Crippen LogP contribution in [0.2, 0.25) is 0 Å². The molecule has 0 spiro atoms. The summed E-state index contributed by atoms with van der Waals surface area (Å²) in [4.78, 5) is 36.6. The number of hydrogen-bond acceptors (Lipinski definition) is 9. The van der Waals surface area contributed by atoms with E-state index >= 15 is 0 Å². The zero-order valence-electron chi connectivity index (χ0n) is 21.2. The van der Waals surface area contributed by atoms with Gasteiger partial charge in [-0.05, 0) is 60.7 Å². The largest absolute Gasteiger partial charge is 0.467 e. The number of barbiturate groups is 1. The van der Waals surface area contributed by atoms with Gasteiger partial charge in [0.15, 0.2) is 5.76 Å². The summed E-state index contributed by atoms with van der Waals surface area (Å²) in [5.41, 5.74) is 0.901. The van der Waals surface area contributed by atoms with Crippen molar-refractivity contribution in [3.05, 3.63) is 84.4 Å². The molecule has 4 aromatic rings.